The highest BCUT2D eigenvalue weighted by molar-refractivity contribution is 5.71. The Morgan fingerprint density at radius 3 is 2.50 bits per heavy atom. The molecule has 0 saturated carbocycles. The maximum atomic E-state index is 10.7. The van der Waals surface area contributed by atoms with Crippen molar-refractivity contribution in [3.05, 3.63) is 12.7 Å². The molecule has 0 rings (SSSR count). The molecule has 0 aliphatic heterocycles. The van der Waals surface area contributed by atoms with E-state index in [1.54, 1.807) is 0 Å². The first-order chi connectivity index (χ1) is 5.45. The zero-order chi connectivity index (χ0) is 9.78. The molecule has 0 fully saturated rings. The largest absolute Gasteiger partial charge is 0.481 e. The van der Waals surface area contributed by atoms with Gasteiger partial charge in [0.25, 0.3) is 0 Å². The molecule has 2 unspecified atom stereocenters. The number of hydrogen-bond acceptors (Lipinski definition) is 2. The van der Waals surface area contributed by atoms with Gasteiger partial charge in [-0.2, -0.15) is 0 Å². The van der Waals surface area contributed by atoms with E-state index in [0.717, 1.165) is 6.42 Å². The number of carboxylic acid groups (broad SMARTS) is 1. The van der Waals surface area contributed by atoms with Crippen LogP contribution in [0.15, 0.2) is 12.7 Å². The molecule has 0 aromatic carbocycles. The van der Waals surface area contributed by atoms with Gasteiger partial charge in [0, 0.05) is 0 Å². The lowest BCUT2D eigenvalue weighted by Crippen LogP contribution is -2.37. The Kier molecular flexibility index (Phi) is 3.96. The molecular formula is C9H16O3. The highest BCUT2D eigenvalue weighted by Crippen LogP contribution is 2.23. The fourth-order valence-electron chi connectivity index (χ4n) is 1.10. The van der Waals surface area contributed by atoms with E-state index < -0.39 is 17.5 Å². The standard InChI is InChI=1S/C9H16O3/c1-4-6-7(8(10)11)9(3,12)5-2/h5,7,12H,2,4,6H2,1,3H3,(H,10,11). The SMILES string of the molecule is C=CC(C)(O)C(CCC)C(=O)O. The van der Waals surface area contributed by atoms with Crippen molar-refractivity contribution in [3.63, 3.8) is 0 Å². The van der Waals surface area contributed by atoms with Crippen molar-refractivity contribution >= 4 is 5.97 Å². The fourth-order valence-corrected chi connectivity index (χ4v) is 1.10. The average molecular weight is 172 g/mol. The molecule has 0 aromatic rings. The molecule has 70 valence electrons. The van der Waals surface area contributed by atoms with E-state index in [4.69, 9.17) is 5.11 Å². The summed E-state index contributed by atoms with van der Waals surface area (Å²) in [5, 5.41) is 18.3. The van der Waals surface area contributed by atoms with Gasteiger partial charge in [0.05, 0.1) is 11.5 Å². The summed E-state index contributed by atoms with van der Waals surface area (Å²) in [7, 11) is 0. The zero-order valence-electron chi connectivity index (χ0n) is 7.58. The predicted molar refractivity (Wildman–Crippen MR) is 46.9 cm³/mol. The summed E-state index contributed by atoms with van der Waals surface area (Å²) in [6.07, 6.45) is 2.48. The van der Waals surface area contributed by atoms with Crippen LogP contribution in [0.4, 0.5) is 0 Å². The van der Waals surface area contributed by atoms with E-state index in [-0.39, 0.29) is 0 Å². The van der Waals surface area contributed by atoms with Gasteiger partial charge in [-0.3, -0.25) is 4.79 Å². The number of rotatable bonds is 5. The van der Waals surface area contributed by atoms with Crippen molar-refractivity contribution < 1.29 is 15.0 Å². The minimum atomic E-state index is -1.30. The van der Waals surface area contributed by atoms with E-state index in [2.05, 4.69) is 6.58 Å². The van der Waals surface area contributed by atoms with Gasteiger partial charge < -0.3 is 10.2 Å². The first-order valence-electron chi connectivity index (χ1n) is 4.04. The molecule has 0 aliphatic rings. The second-order valence-electron chi connectivity index (χ2n) is 3.11. The second-order valence-corrected chi connectivity index (χ2v) is 3.11. The predicted octanol–water partition coefficient (Wildman–Crippen LogP) is 1.42. The first kappa shape index (κ1) is 11.2. The van der Waals surface area contributed by atoms with Crippen LogP contribution in [0.3, 0.4) is 0 Å². The maximum absolute atomic E-state index is 10.7. The molecule has 3 heteroatoms. The van der Waals surface area contributed by atoms with Crippen molar-refractivity contribution in [2.45, 2.75) is 32.3 Å². The summed E-state index contributed by atoms with van der Waals surface area (Å²) in [6.45, 7) is 6.76. The normalized spacial score (nSPS) is 17.9. The Balaban J connectivity index is 4.49. The lowest BCUT2D eigenvalue weighted by atomic mass is 9.86. The maximum Gasteiger partial charge on any atom is 0.309 e. The highest BCUT2D eigenvalue weighted by Gasteiger charge is 2.33. The van der Waals surface area contributed by atoms with Crippen molar-refractivity contribution in [2.75, 3.05) is 0 Å². The molecular weight excluding hydrogens is 156 g/mol. The van der Waals surface area contributed by atoms with Gasteiger partial charge in [0.15, 0.2) is 0 Å². The summed E-state index contributed by atoms with van der Waals surface area (Å²) >= 11 is 0. The lowest BCUT2D eigenvalue weighted by molar-refractivity contribution is -0.148. The Morgan fingerprint density at radius 2 is 2.25 bits per heavy atom. The van der Waals surface area contributed by atoms with Crippen LogP contribution in [0.1, 0.15) is 26.7 Å². The van der Waals surface area contributed by atoms with Crippen LogP contribution in [0.2, 0.25) is 0 Å². The third-order valence-electron chi connectivity index (χ3n) is 1.99. The van der Waals surface area contributed by atoms with Gasteiger partial charge in [0.2, 0.25) is 0 Å². The minimum Gasteiger partial charge on any atom is -0.481 e. The average Bonchev–Trinajstić information content (AvgIpc) is 1.99. The molecule has 0 spiro atoms. The van der Waals surface area contributed by atoms with Crippen LogP contribution < -0.4 is 0 Å². The highest BCUT2D eigenvalue weighted by atomic mass is 16.4. The van der Waals surface area contributed by atoms with Crippen LogP contribution in [0.5, 0.6) is 0 Å². The Morgan fingerprint density at radius 1 is 1.75 bits per heavy atom. The van der Waals surface area contributed by atoms with Gasteiger partial charge >= 0.3 is 5.97 Å². The third-order valence-corrected chi connectivity index (χ3v) is 1.99. The molecule has 12 heavy (non-hydrogen) atoms. The van der Waals surface area contributed by atoms with Gasteiger partial charge in [-0.15, -0.1) is 6.58 Å². The molecule has 0 saturated heterocycles. The monoisotopic (exact) mass is 172 g/mol. The van der Waals surface area contributed by atoms with E-state index in [9.17, 15) is 9.90 Å². The zero-order valence-corrected chi connectivity index (χ0v) is 7.58. The van der Waals surface area contributed by atoms with E-state index in [0.29, 0.717) is 6.42 Å². The quantitative estimate of drug-likeness (QED) is 0.617. The fraction of sp³-hybridized carbons (Fsp3) is 0.667. The Bertz CT molecular complexity index is 173. The lowest BCUT2D eigenvalue weighted by Gasteiger charge is -2.26. The summed E-state index contributed by atoms with van der Waals surface area (Å²) in [4.78, 5) is 10.7. The molecule has 2 N–H and O–H groups in total. The van der Waals surface area contributed by atoms with Crippen molar-refractivity contribution in [2.24, 2.45) is 5.92 Å². The number of hydrogen-bond donors (Lipinski definition) is 2. The van der Waals surface area contributed by atoms with Crippen LogP contribution >= 0.6 is 0 Å². The summed E-state index contributed by atoms with van der Waals surface area (Å²) in [6, 6.07) is 0. The Labute approximate surface area is 72.7 Å². The number of carboxylic acids is 1. The van der Waals surface area contributed by atoms with Gasteiger partial charge in [-0.1, -0.05) is 19.4 Å². The molecule has 0 aromatic heterocycles. The van der Waals surface area contributed by atoms with Crippen molar-refractivity contribution in [1.29, 1.82) is 0 Å². The summed E-state index contributed by atoms with van der Waals surface area (Å²) in [5.41, 5.74) is -1.30. The molecule has 2 atom stereocenters. The van der Waals surface area contributed by atoms with Gasteiger partial charge in [-0.25, -0.2) is 0 Å². The van der Waals surface area contributed by atoms with Gasteiger partial charge in [0.1, 0.15) is 0 Å². The van der Waals surface area contributed by atoms with Crippen molar-refractivity contribution in [1.82, 2.24) is 0 Å². The second kappa shape index (κ2) is 4.26. The number of aliphatic hydroxyl groups is 1. The number of carbonyl (C=O) groups is 1. The molecule has 0 bridgehead atoms. The third kappa shape index (κ3) is 2.66. The van der Waals surface area contributed by atoms with Crippen LogP contribution in [-0.2, 0) is 4.79 Å². The smallest absolute Gasteiger partial charge is 0.309 e. The molecule has 0 radical (unpaired) electrons. The van der Waals surface area contributed by atoms with Crippen molar-refractivity contribution in [3.8, 4) is 0 Å². The molecule has 3 nitrogen and oxygen atoms in total. The molecule has 0 aliphatic carbocycles. The summed E-state index contributed by atoms with van der Waals surface area (Å²) < 4.78 is 0. The minimum absolute atomic E-state index is 0.467. The van der Waals surface area contributed by atoms with Gasteiger partial charge in [-0.05, 0) is 13.3 Å². The topological polar surface area (TPSA) is 57.5 Å². The van der Waals surface area contributed by atoms with E-state index in [1.807, 2.05) is 6.92 Å². The molecule has 0 amide bonds. The Hall–Kier alpha value is -0.830. The van der Waals surface area contributed by atoms with Crippen LogP contribution in [-0.4, -0.2) is 21.8 Å². The van der Waals surface area contributed by atoms with Crippen LogP contribution in [0.25, 0.3) is 0 Å². The van der Waals surface area contributed by atoms with E-state index in [1.165, 1.54) is 13.0 Å². The van der Waals surface area contributed by atoms with E-state index >= 15 is 0 Å². The molecule has 0 heterocycles. The summed E-state index contributed by atoms with van der Waals surface area (Å²) in [5.74, 6) is -1.72. The van der Waals surface area contributed by atoms with Crippen LogP contribution in [0, 0.1) is 5.92 Å². The first-order valence-corrected chi connectivity index (χ1v) is 4.04. The number of aliphatic carboxylic acids is 1.